The standard InChI is InChI=1S/C20H23N3O3S/c1-5-12-8-15(17(25)10-16(12)24)19-21-22-20(27)23(19)13-6-7-18(26-4)14(9-13)11(2)3/h6-11,24-25H,5H2,1-4H3,(H,22,27). The molecule has 0 atom stereocenters. The summed E-state index contributed by atoms with van der Waals surface area (Å²) in [5.41, 5.74) is 3.09. The molecule has 0 amide bonds. The van der Waals surface area contributed by atoms with Crippen molar-refractivity contribution in [2.24, 2.45) is 0 Å². The van der Waals surface area contributed by atoms with Gasteiger partial charge in [-0.25, -0.2) is 0 Å². The van der Waals surface area contributed by atoms with Gasteiger partial charge in [0.1, 0.15) is 17.2 Å². The van der Waals surface area contributed by atoms with E-state index in [0.717, 1.165) is 22.6 Å². The summed E-state index contributed by atoms with van der Waals surface area (Å²) in [5, 5.41) is 27.5. The number of aromatic nitrogens is 3. The van der Waals surface area contributed by atoms with Crippen molar-refractivity contribution in [2.45, 2.75) is 33.1 Å². The third kappa shape index (κ3) is 3.42. The number of H-pyrrole nitrogens is 1. The lowest BCUT2D eigenvalue weighted by Crippen LogP contribution is -2.02. The first kappa shape index (κ1) is 19.0. The fourth-order valence-corrected chi connectivity index (χ4v) is 3.35. The third-order valence-electron chi connectivity index (χ3n) is 4.58. The summed E-state index contributed by atoms with van der Waals surface area (Å²) in [6.07, 6.45) is 0.629. The van der Waals surface area contributed by atoms with E-state index in [0.29, 0.717) is 22.6 Å². The highest BCUT2D eigenvalue weighted by Crippen LogP contribution is 2.36. The van der Waals surface area contributed by atoms with Crippen LogP contribution in [0.1, 0.15) is 37.8 Å². The number of aryl methyl sites for hydroxylation is 1. The molecule has 0 aliphatic carbocycles. The molecule has 2 aromatic carbocycles. The second-order valence-corrected chi connectivity index (χ2v) is 7.01. The molecular formula is C20H23N3O3S. The van der Waals surface area contributed by atoms with Crippen LogP contribution >= 0.6 is 12.2 Å². The normalized spacial score (nSPS) is 11.1. The number of benzene rings is 2. The van der Waals surface area contributed by atoms with Gasteiger partial charge in [-0.2, -0.15) is 5.10 Å². The Kier molecular flexibility index (Phi) is 5.23. The maximum atomic E-state index is 10.4. The first-order chi connectivity index (χ1) is 12.9. The van der Waals surface area contributed by atoms with Gasteiger partial charge < -0.3 is 14.9 Å². The quantitative estimate of drug-likeness (QED) is 0.554. The SMILES string of the molecule is CCc1cc(-c2n[nH]c(=S)n2-c2ccc(OC)c(C(C)C)c2)c(O)cc1O. The summed E-state index contributed by atoms with van der Waals surface area (Å²) in [7, 11) is 1.65. The monoisotopic (exact) mass is 385 g/mol. The van der Waals surface area contributed by atoms with E-state index < -0.39 is 0 Å². The number of nitrogens with one attached hydrogen (secondary N) is 1. The van der Waals surface area contributed by atoms with Crippen LogP contribution in [0.3, 0.4) is 0 Å². The molecule has 3 aromatic rings. The number of hydrogen-bond donors (Lipinski definition) is 3. The van der Waals surface area contributed by atoms with Gasteiger partial charge in [0.05, 0.1) is 18.4 Å². The highest BCUT2D eigenvalue weighted by atomic mass is 32.1. The van der Waals surface area contributed by atoms with Gasteiger partial charge in [0, 0.05) is 6.07 Å². The Morgan fingerprint density at radius 1 is 1.19 bits per heavy atom. The number of hydrogen-bond acceptors (Lipinski definition) is 5. The molecule has 0 saturated heterocycles. The summed E-state index contributed by atoms with van der Waals surface area (Å²) in [6, 6.07) is 8.88. The zero-order valence-electron chi connectivity index (χ0n) is 15.8. The highest BCUT2D eigenvalue weighted by Gasteiger charge is 2.18. The van der Waals surface area contributed by atoms with Crippen LogP contribution in [-0.2, 0) is 6.42 Å². The molecule has 1 heterocycles. The molecule has 27 heavy (non-hydrogen) atoms. The second-order valence-electron chi connectivity index (χ2n) is 6.62. The Morgan fingerprint density at radius 3 is 2.56 bits per heavy atom. The van der Waals surface area contributed by atoms with E-state index in [9.17, 15) is 10.2 Å². The number of phenols is 2. The predicted octanol–water partition coefficient (Wildman–Crippen LogP) is 4.70. The van der Waals surface area contributed by atoms with Crippen LogP contribution in [0.2, 0.25) is 0 Å². The summed E-state index contributed by atoms with van der Waals surface area (Å²) >= 11 is 5.44. The van der Waals surface area contributed by atoms with E-state index in [2.05, 4.69) is 24.0 Å². The minimum absolute atomic E-state index is 0.0578. The first-order valence-electron chi connectivity index (χ1n) is 8.78. The Balaban J connectivity index is 2.23. The molecule has 3 rings (SSSR count). The molecule has 0 saturated carbocycles. The van der Waals surface area contributed by atoms with Crippen molar-refractivity contribution in [1.82, 2.24) is 14.8 Å². The largest absolute Gasteiger partial charge is 0.508 e. The highest BCUT2D eigenvalue weighted by molar-refractivity contribution is 7.71. The summed E-state index contributed by atoms with van der Waals surface area (Å²) in [5.74, 6) is 1.56. The minimum Gasteiger partial charge on any atom is -0.508 e. The van der Waals surface area contributed by atoms with Gasteiger partial charge in [-0.15, -0.1) is 0 Å². The average molecular weight is 385 g/mol. The van der Waals surface area contributed by atoms with E-state index in [4.69, 9.17) is 17.0 Å². The van der Waals surface area contributed by atoms with Crippen LogP contribution in [0.5, 0.6) is 17.2 Å². The number of nitrogens with zero attached hydrogens (tertiary/aromatic N) is 2. The molecule has 3 N–H and O–H groups in total. The number of phenolic OH excluding ortho intramolecular Hbond substituents is 2. The van der Waals surface area contributed by atoms with Crippen LogP contribution in [0.4, 0.5) is 0 Å². The number of aromatic amines is 1. The average Bonchev–Trinajstić information content (AvgIpc) is 3.02. The van der Waals surface area contributed by atoms with Crippen molar-refractivity contribution in [3.8, 4) is 34.3 Å². The van der Waals surface area contributed by atoms with Crippen molar-refractivity contribution in [3.63, 3.8) is 0 Å². The first-order valence-corrected chi connectivity index (χ1v) is 9.19. The zero-order valence-corrected chi connectivity index (χ0v) is 16.6. The van der Waals surface area contributed by atoms with Crippen LogP contribution in [0.15, 0.2) is 30.3 Å². The van der Waals surface area contributed by atoms with Gasteiger partial charge in [0.15, 0.2) is 10.6 Å². The molecule has 0 aliphatic heterocycles. The van der Waals surface area contributed by atoms with E-state index in [1.807, 2.05) is 25.1 Å². The molecule has 1 aromatic heterocycles. The number of rotatable bonds is 5. The van der Waals surface area contributed by atoms with Gasteiger partial charge in [-0.1, -0.05) is 20.8 Å². The lowest BCUT2D eigenvalue weighted by atomic mass is 10.0. The van der Waals surface area contributed by atoms with Crippen molar-refractivity contribution in [2.75, 3.05) is 7.11 Å². The van der Waals surface area contributed by atoms with Crippen LogP contribution in [0, 0.1) is 4.77 Å². The maximum absolute atomic E-state index is 10.4. The molecule has 6 nitrogen and oxygen atoms in total. The molecule has 0 unspecified atom stereocenters. The van der Waals surface area contributed by atoms with Gasteiger partial charge in [-0.05, 0) is 59.9 Å². The molecular weight excluding hydrogens is 362 g/mol. The molecule has 0 radical (unpaired) electrons. The maximum Gasteiger partial charge on any atom is 0.200 e. The number of ether oxygens (including phenoxy) is 1. The van der Waals surface area contributed by atoms with Gasteiger partial charge >= 0.3 is 0 Å². The Labute approximate surface area is 163 Å². The Morgan fingerprint density at radius 2 is 1.93 bits per heavy atom. The van der Waals surface area contributed by atoms with Crippen molar-refractivity contribution < 1.29 is 14.9 Å². The molecule has 0 fully saturated rings. The summed E-state index contributed by atoms with van der Waals surface area (Å²) in [6.45, 7) is 6.12. The van der Waals surface area contributed by atoms with Crippen LogP contribution < -0.4 is 4.74 Å². The van der Waals surface area contributed by atoms with Gasteiger partial charge in [-0.3, -0.25) is 9.67 Å². The smallest absolute Gasteiger partial charge is 0.200 e. The zero-order chi connectivity index (χ0) is 19.7. The van der Waals surface area contributed by atoms with Gasteiger partial charge in [0.2, 0.25) is 0 Å². The minimum atomic E-state index is -0.0578. The van der Waals surface area contributed by atoms with Crippen LogP contribution in [-0.4, -0.2) is 32.1 Å². The number of aromatic hydroxyl groups is 2. The van der Waals surface area contributed by atoms with E-state index in [1.165, 1.54) is 6.07 Å². The van der Waals surface area contributed by atoms with Crippen molar-refractivity contribution >= 4 is 12.2 Å². The second kappa shape index (κ2) is 7.44. The topological polar surface area (TPSA) is 83.3 Å². The van der Waals surface area contributed by atoms with Crippen molar-refractivity contribution in [3.05, 3.63) is 46.2 Å². The Bertz CT molecular complexity index is 1040. The summed E-state index contributed by atoms with van der Waals surface area (Å²) < 4.78 is 7.64. The molecule has 0 spiro atoms. The predicted molar refractivity (Wildman–Crippen MR) is 108 cm³/mol. The fourth-order valence-electron chi connectivity index (χ4n) is 3.11. The lowest BCUT2D eigenvalue weighted by molar-refractivity contribution is 0.407. The fraction of sp³-hybridized carbons (Fsp3) is 0.300. The molecule has 142 valence electrons. The van der Waals surface area contributed by atoms with Crippen molar-refractivity contribution in [1.29, 1.82) is 0 Å². The van der Waals surface area contributed by atoms with Gasteiger partial charge in [0.25, 0.3) is 0 Å². The molecule has 0 aliphatic rings. The van der Waals surface area contributed by atoms with E-state index >= 15 is 0 Å². The third-order valence-corrected chi connectivity index (χ3v) is 4.86. The number of methoxy groups -OCH3 is 1. The van der Waals surface area contributed by atoms with E-state index in [-0.39, 0.29) is 17.4 Å². The van der Waals surface area contributed by atoms with Crippen LogP contribution in [0.25, 0.3) is 17.1 Å². The summed E-state index contributed by atoms with van der Waals surface area (Å²) in [4.78, 5) is 0. The molecule has 7 heteroatoms. The Hall–Kier alpha value is -2.80. The molecule has 0 bridgehead atoms. The lowest BCUT2D eigenvalue weighted by Gasteiger charge is -2.15. The van der Waals surface area contributed by atoms with E-state index in [1.54, 1.807) is 17.7 Å².